The van der Waals surface area contributed by atoms with E-state index in [0.717, 1.165) is 32.2 Å². The molecule has 0 radical (unpaired) electrons. The van der Waals surface area contributed by atoms with E-state index < -0.39 is 0 Å². The molecular formula is C7H12O2S. The Morgan fingerprint density at radius 1 is 1.10 bits per heavy atom. The average Bonchev–Trinajstić information content (AvgIpc) is 2.39. The molecule has 0 bridgehead atoms. The fourth-order valence-electron chi connectivity index (χ4n) is 1.43. The van der Waals surface area contributed by atoms with Crippen LogP contribution >= 0.6 is 11.8 Å². The monoisotopic (exact) mass is 160 g/mol. The van der Waals surface area contributed by atoms with Gasteiger partial charge in [-0.25, -0.2) is 0 Å². The molecule has 0 N–H and O–H groups in total. The first-order valence-corrected chi connectivity index (χ1v) is 4.69. The van der Waals surface area contributed by atoms with Crippen LogP contribution in [-0.2, 0) is 9.47 Å². The molecule has 2 saturated heterocycles. The number of thioether (sulfide) groups is 1. The Labute approximate surface area is 65.3 Å². The van der Waals surface area contributed by atoms with E-state index in [1.165, 1.54) is 6.42 Å². The molecule has 0 aromatic carbocycles. The molecule has 0 aliphatic carbocycles. The van der Waals surface area contributed by atoms with Gasteiger partial charge in [0.1, 0.15) is 0 Å². The first-order valence-electron chi connectivity index (χ1n) is 3.71. The number of rotatable bonds is 0. The van der Waals surface area contributed by atoms with Gasteiger partial charge < -0.3 is 9.47 Å². The van der Waals surface area contributed by atoms with Crippen LogP contribution in [0, 0.1) is 0 Å². The van der Waals surface area contributed by atoms with Gasteiger partial charge in [0.05, 0.1) is 24.6 Å². The minimum atomic E-state index is 0.345. The summed E-state index contributed by atoms with van der Waals surface area (Å²) in [6, 6.07) is 0. The van der Waals surface area contributed by atoms with E-state index in [1.807, 2.05) is 11.8 Å². The highest BCUT2D eigenvalue weighted by molar-refractivity contribution is 8.00. The van der Waals surface area contributed by atoms with Crippen LogP contribution in [0.2, 0.25) is 0 Å². The molecule has 1 atom stereocenters. The Morgan fingerprint density at radius 2 is 1.90 bits per heavy atom. The van der Waals surface area contributed by atoms with Gasteiger partial charge in [-0.3, -0.25) is 0 Å². The van der Waals surface area contributed by atoms with Gasteiger partial charge in [0.2, 0.25) is 0 Å². The number of hydrogen-bond donors (Lipinski definition) is 0. The highest BCUT2D eigenvalue weighted by Crippen LogP contribution is 2.36. The van der Waals surface area contributed by atoms with Gasteiger partial charge in [0, 0.05) is 12.4 Å². The van der Waals surface area contributed by atoms with Crippen molar-refractivity contribution in [3.05, 3.63) is 0 Å². The second-order valence-corrected chi connectivity index (χ2v) is 4.45. The summed E-state index contributed by atoms with van der Waals surface area (Å²) in [5, 5.41) is 0. The molecule has 0 aromatic heterocycles. The quantitative estimate of drug-likeness (QED) is 0.525. The summed E-state index contributed by atoms with van der Waals surface area (Å²) in [5.41, 5.74) is 0. The molecule has 2 aliphatic rings. The van der Waals surface area contributed by atoms with Crippen molar-refractivity contribution >= 4 is 11.8 Å². The van der Waals surface area contributed by atoms with Gasteiger partial charge in [-0.15, -0.1) is 11.8 Å². The average molecular weight is 160 g/mol. The van der Waals surface area contributed by atoms with Gasteiger partial charge in [-0.1, -0.05) is 0 Å². The standard InChI is InChI=1S/C7H12O2S/c1-2-8-5-7(1)6-9-3-4-10-7/h1-6H2. The third-order valence-corrected chi connectivity index (χ3v) is 3.49. The van der Waals surface area contributed by atoms with Crippen molar-refractivity contribution in [2.45, 2.75) is 11.2 Å². The van der Waals surface area contributed by atoms with Gasteiger partial charge >= 0.3 is 0 Å². The van der Waals surface area contributed by atoms with E-state index in [0.29, 0.717) is 4.75 Å². The summed E-state index contributed by atoms with van der Waals surface area (Å²) in [6.45, 7) is 3.65. The van der Waals surface area contributed by atoms with Crippen molar-refractivity contribution in [1.82, 2.24) is 0 Å². The molecule has 0 saturated carbocycles. The molecule has 0 amide bonds. The third kappa shape index (κ3) is 1.18. The SMILES string of the molecule is C1CSC2(CCOC2)CO1. The van der Waals surface area contributed by atoms with Crippen molar-refractivity contribution in [3.63, 3.8) is 0 Å². The summed E-state index contributed by atoms with van der Waals surface area (Å²) in [5.74, 6) is 1.14. The largest absolute Gasteiger partial charge is 0.380 e. The molecule has 10 heavy (non-hydrogen) atoms. The fourth-order valence-corrected chi connectivity index (χ4v) is 2.63. The first kappa shape index (κ1) is 6.95. The van der Waals surface area contributed by atoms with Crippen LogP contribution in [0.3, 0.4) is 0 Å². The molecule has 2 aliphatic heterocycles. The summed E-state index contributed by atoms with van der Waals surface area (Å²) < 4.78 is 11.1. The van der Waals surface area contributed by atoms with Crippen LogP contribution in [0.5, 0.6) is 0 Å². The molecule has 2 heterocycles. The predicted octanol–water partition coefficient (Wildman–Crippen LogP) is 0.909. The van der Waals surface area contributed by atoms with Crippen LogP contribution in [0.1, 0.15) is 6.42 Å². The Morgan fingerprint density at radius 3 is 2.50 bits per heavy atom. The van der Waals surface area contributed by atoms with Gasteiger partial charge in [-0.05, 0) is 6.42 Å². The molecule has 2 fully saturated rings. The lowest BCUT2D eigenvalue weighted by molar-refractivity contribution is 0.104. The zero-order chi connectivity index (χ0) is 6.86. The van der Waals surface area contributed by atoms with Crippen LogP contribution < -0.4 is 0 Å². The van der Waals surface area contributed by atoms with Crippen LogP contribution in [0.25, 0.3) is 0 Å². The maximum absolute atomic E-state index is 5.41. The third-order valence-electron chi connectivity index (χ3n) is 2.07. The summed E-state index contributed by atoms with van der Waals surface area (Å²) >= 11 is 2.02. The maximum Gasteiger partial charge on any atom is 0.0648 e. The molecule has 2 nitrogen and oxygen atoms in total. The smallest absolute Gasteiger partial charge is 0.0648 e. The molecule has 58 valence electrons. The van der Waals surface area contributed by atoms with Crippen LogP contribution in [0.15, 0.2) is 0 Å². The highest BCUT2D eigenvalue weighted by Gasteiger charge is 2.37. The summed E-state index contributed by atoms with van der Waals surface area (Å²) in [4.78, 5) is 0. The van der Waals surface area contributed by atoms with Crippen molar-refractivity contribution in [3.8, 4) is 0 Å². The van der Waals surface area contributed by atoms with Crippen molar-refractivity contribution in [2.24, 2.45) is 0 Å². The van der Waals surface area contributed by atoms with E-state index >= 15 is 0 Å². The minimum absolute atomic E-state index is 0.345. The Kier molecular flexibility index (Phi) is 1.89. The number of hydrogen-bond acceptors (Lipinski definition) is 3. The lowest BCUT2D eigenvalue weighted by Crippen LogP contribution is -2.36. The summed E-state index contributed by atoms with van der Waals surface area (Å²) in [6.07, 6.45) is 1.18. The van der Waals surface area contributed by atoms with Gasteiger partial charge in [0.25, 0.3) is 0 Å². The summed E-state index contributed by atoms with van der Waals surface area (Å²) in [7, 11) is 0. The van der Waals surface area contributed by atoms with Crippen molar-refractivity contribution in [1.29, 1.82) is 0 Å². The Bertz CT molecular complexity index is 113. The van der Waals surface area contributed by atoms with Crippen LogP contribution in [0.4, 0.5) is 0 Å². The zero-order valence-corrected chi connectivity index (χ0v) is 6.78. The molecule has 2 rings (SSSR count). The molecular weight excluding hydrogens is 148 g/mol. The predicted molar refractivity (Wildman–Crippen MR) is 41.4 cm³/mol. The molecule has 0 aromatic rings. The Balaban J connectivity index is 1.98. The zero-order valence-electron chi connectivity index (χ0n) is 5.97. The Hall–Kier alpha value is 0.270. The van der Waals surface area contributed by atoms with Crippen LogP contribution in [-0.4, -0.2) is 36.9 Å². The van der Waals surface area contributed by atoms with E-state index in [9.17, 15) is 0 Å². The minimum Gasteiger partial charge on any atom is -0.380 e. The maximum atomic E-state index is 5.41. The van der Waals surface area contributed by atoms with E-state index in [-0.39, 0.29) is 0 Å². The highest BCUT2D eigenvalue weighted by atomic mass is 32.2. The van der Waals surface area contributed by atoms with Crippen molar-refractivity contribution < 1.29 is 9.47 Å². The number of ether oxygens (including phenoxy) is 2. The molecule has 3 heteroatoms. The second-order valence-electron chi connectivity index (χ2n) is 2.89. The molecule has 1 unspecified atom stereocenters. The van der Waals surface area contributed by atoms with E-state index in [2.05, 4.69) is 0 Å². The molecule has 1 spiro atoms. The van der Waals surface area contributed by atoms with Gasteiger partial charge in [-0.2, -0.15) is 0 Å². The lowest BCUT2D eigenvalue weighted by atomic mass is 10.1. The second kappa shape index (κ2) is 2.72. The lowest BCUT2D eigenvalue weighted by Gasteiger charge is -2.30. The van der Waals surface area contributed by atoms with Crippen molar-refractivity contribution in [2.75, 3.05) is 32.2 Å². The fraction of sp³-hybridized carbons (Fsp3) is 1.00. The van der Waals surface area contributed by atoms with E-state index in [1.54, 1.807) is 0 Å². The first-order chi connectivity index (χ1) is 4.91. The topological polar surface area (TPSA) is 18.5 Å². The normalized spacial score (nSPS) is 40.8. The van der Waals surface area contributed by atoms with E-state index in [4.69, 9.17) is 9.47 Å². The van der Waals surface area contributed by atoms with Gasteiger partial charge in [0.15, 0.2) is 0 Å².